The number of halogens is 1. The van der Waals surface area contributed by atoms with Crippen molar-refractivity contribution in [2.75, 3.05) is 5.32 Å². The maximum Gasteiger partial charge on any atom is 0.307 e. The molecule has 6 nitrogen and oxygen atoms in total. The smallest absolute Gasteiger partial charge is 0.307 e. The lowest BCUT2D eigenvalue weighted by Crippen LogP contribution is -2.32. The summed E-state index contributed by atoms with van der Waals surface area (Å²) in [5, 5.41) is 2.61. The van der Waals surface area contributed by atoms with Crippen molar-refractivity contribution in [3.05, 3.63) is 72.0 Å². The molecule has 0 fully saturated rings. The summed E-state index contributed by atoms with van der Waals surface area (Å²) in [5.74, 6) is -0.334. The zero-order valence-corrected chi connectivity index (χ0v) is 16.9. The van der Waals surface area contributed by atoms with E-state index >= 15 is 0 Å². The van der Waals surface area contributed by atoms with Gasteiger partial charge in [0.2, 0.25) is 0 Å². The molecule has 0 aliphatic heterocycles. The molecule has 1 N–H and O–H groups in total. The topological polar surface area (TPSA) is 81.4 Å². The van der Waals surface area contributed by atoms with Crippen LogP contribution in [0.25, 0.3) is 11.3 Å². The van der Waals surface area contributed by atoms with Gasteiger partial charge in [0.1, 0.15) is 5.82 Å². The van der Waals surface area contributed by atoms with E-state index in [1.165, 1.54) is 24.3 Å². The minimum absolute atomic E-state index is 0.0359. The van der Waals surface area contributed by atoms with Crippen molar-refractivity contribution in [1.82, 2.24) is 4.98 Å². The normalized spacial score (nSPS) is 11.7. The second-order valence-electron chi connectivity index (χ2n) is 6.87. The van der Waals surface area contributed by atoms with Gasteiger partial charge in [-0.3, -0.25) is 9.59 Å². The van der Waals surface area contributed by atoms with Gasteiger partial charge in [0.05, 0.1) is 12.6 Å². The molecular weight excluding hydrogens is 387 g/mol. The number of nitrogens with zero attached hydrogens (tertiary/aromatic N) is 1. The first-order valence-corrected chi connectivity index (χ1v) is 9.72. The Labute approximate surface area is 174 Å². The highest BCUT2D eigenvalue weighted by atomic mass is 19.1. The average molecular weight is 410 g/mol. The van der Waals surface area contributed by atoms with Gasteiger partial charge in [-0.2, -0.15) is 0 Å². The van der Waals surface area contributed by atoms with Crippen LogP contribution in [-0.2, 0) is 20.7 Å². The molecule has 3 aromatic rings. The summed E-state index contributed by atoms with van der Waals surface area (Å²) in [7, 11) is 0. The second-order valence-corrected chi connectivity index (χ2v) is 6.87. The number of esters is 1. The van der Waals surface area contributed by atoms with Crippen LogP contribution in [0, 0.1) is 12.7 Å². The molecule has 0 aliphatic rings. The number of nitrogens with one attached hydrogen (secondary N) is 1. The highest BCUT2D eigenvalue weighted by molar-refractivity contribution is 5.95. The van der Waals surface area contributed by atoms with E-state index < -0.39 is 23.8 Å². The summed E-state index contributed by atoms with van der Waals surface area (Å²) in [5.41, 5.74) is 2.49. The Kier molecular flexibility index (Phi) is 6.95. The van der Waals surface area contributed by atoms with Crippen molar-refractivity contribution in [3.63, 3.8) is 0 Å². The predicted molar refractivity (Wildman–Crippen MR) is 110 cm³/mol. The molecule has 0 saturated heterocycles. The maximum atomic E-state index is 13.0. The number of carbonyl (C=O) groups excluding carboxylic acids is 2. The van der Waals surface area contributed by atoms with Gasteiger partial charge in [-0.25, -0.2) is 9.37 Å². The first-order chi connectivity index (χ1) is 14.4. The molecule has 7 heteroatoms. The van der Waals surface area contributed by atoms with Gasteiger partial charge in [0, 0.05) is 17.7 Å². The molecule has 0 aliphatic carbocycles. The van der Waals surface area contributed by atoms with Crippen LogP contribution in [0.2, 0.25) is 0 Å². The molecule has 1 amide bonds. The van der Waals surface area contributed by atoms with Crippen LogP contribution >= 0.6 is 0 Å². The van der Waals surface area contributed by atoms with Crippen LogP contribution in [0.5, 0.6) is 0 Å². The van der Waals surface area contributed by atoms with Crippen molar-refractivity contribution in [2.24, 2.45) is 0 Å². The van der Waals surface area contributed by atoms with Gasteiger partial charge < -0.3 is 14.5 Å². The third-order valence-electron chi connectivity index (χ3n) is 4.48. The van der Waals surface area contributed by atoms with E-state index in [-0.39, 0.29) is 12.8 Å². The third kappa shape index (κ3) is 5.76. The number of anilines is 1. The molecule has 156 valence electrons. The minimum atomic E-state index is -0.935. The Morgan fingerprint density at radius 1 is 1.13 bits per heavy atom. The molecule has 1 heterocycles. The number of hydrogen-bond acceptors (Lipinski definition) is 5. The van der Waals surface area contributed by atoms with E-state index in [4.69, 9.17) is 9.15 Å². The molecule has 0 radical (unpaired) electrons. The van der Waals surface area contributed by atoms with Crippen molar-refractivity contribution >= 4 is 17.6 Å². The summed E-state index contributed by atoms with van der Waals surface area (Å²) in [6.07, 6.45) is 1.30. The first kappa shape index (κ1) is 21.2. The van der Waals surface area contributed by atoms with E-state index in [0.29, 0.717) is 23.8 Å². The SMILES string of the molecule is CCC(OC(=O)CCc1ncc(-c2ccc(C)cc2)o1)C(=O)Nc1ccc(F)cc1. The molecular formula is C23H23FN2O4. The quantitative estimate of drug-likeness (QED) is 0.545. The number of aromatic nitrogens is 1. The van der Waals surface area contributed by atoms with E-state index in [2.05, 4.69) is 10.3 Å². The van der Waals surface area contributed by atoms with Gasteiger partial charge in [-0.05, 0) is 37.6 Å². The van der Waals surface area contributed by atoms with Crippen LogP contribution < -0.4 is 5.32 Å². The lowest BCUT2D eigenvalue weighted by Gasteiger charge is -2.16. The molecule has 1 aromatic heterocycles. The lowest BCUT2D eigenvalue weighted by molar-refractivity contribution is -0.154. The molecule has 0 bridgehead atoms. The number of amides is 1. The average Bonchev–Trinajstić information content (AvgIpc) is 3.21. The fraction of sp³-hybridized carbons (Fsp3) is 0.261. The Hall–Kier alpha value is -3.48. The zero-order valence-electron chi connectivity index (χ0n) is 16.9. The lowest BCUT2D eigenvalue weighted by atomic mass is 10.1. The van der Waals surface area contributed by atoms with E-state index in [1.807, 2.05) is 31.2 Å². The van der Waals surface area contributed by atoms with Gasteiger partial charge in [0.25, 0.3) is 5.91 Å². The Morgan fingerprint density at radius 3 is 2.50 bits per heavy atom. The van der Waals surface area contributed by atoms with Gasteiger partial charge in [0.15, 0.2) is 17.8 Å². The molecule has 2 aromatic carbocycles. The molecule has 30 heavy (non-hydrogen) atoms. The van der Waals surface area contributed by atoms with Gasteiger partial charge >= 0.3 is 5.97 Å². The van der Waals surface area contributed by atoms with E-state index in [1.54, 1.807) is 13.1 Å². The number of hydrogen-bond donors (Lipinski definition) is 1. The summed E-state index contributed by atoms with van der Waals surface area (Å²) >= 11 is 0. The van der Waals surface area contributed by atoms with E-state index in [0.717, 1.165) is 11.1 Å². The van der Waals surface area contributed by atoms with Crippen molar-refractivity contribution in [2.45, 2.75) is 39.2 Å². The summed E-state index contributed by atoms with van der Waals surface area (Å²) in [6.45, 7) is 3.74. The van der Waals surface area contributed by atoms with Gasteiger partial charge in [-0.15, -0.1) is 0 Å². The van der Waals surface area contributed by atoms with Crippen LogP contribution in [0.3, 0.4) is 0 Å². The molecule has 0 saturated carbocycles. The monoisotopic (exact) mass is 410 g/mol. The predicted octanol–water partition coefficient (Wildman–Crippen LogP) is 4.68. The van der Waals surface area contributed by atoms with Crippen molar-refractivity contribution in [1.29, 1.82) is 0 Å². The minimum Gasteiger partial charge on any atom is -0.452 e. The largest absolute Gasteiger partial charge is 0.452 e. The van der Waals surface area contributed by atoms with Gasteiger partial charge in [-0.1, -0.05) is 36.8 Å². The molecule has 1 unspecified atom stereocenters. The number of rotatable bonds is 8. The van der Waals surface area contributed by atoms with Crippen LogP contribution in [-0.4, -0.2) is 23.0 Å². The van der Waals surface area contributed by atoms with Crippen LogP contribution in [0.15, 0.2) is 59.1 Å². The number of ether oxygens (including phenoxy) is 1. The fourth-order valence-corrected chi connectivity index (χ4v) is 2.78. The fourth-order valence-electron chi connectivity index (χ4n) is 2.78. The highest BCUT2D eigenvalue weighted by Gasteiger charge is 2.21. The summed E-state index contributed by atoms with van der Waals surface area (Å²) in [6, 6.07) is 13.2. The Bertz CT molecular complexity index is 997. The number of benzene rings is 2. The standard InChI is InChI=1S/C23H23FN2O4/c1-3-19(23(28)26-18-10-8-17(24)9-11-18)30-22(27)13-12-21-25-14-20(29-21)16-6-4-15(2)5-7-16/h4-11,14,19H,3,12-13H2,1-2H3,(H,26,28). The Morgan fingerprint density at radius 2 is 1.83 bits per heavy atom. The maximum absolute atomic E-state index is 13.0. The Balaban J connectivity index is 1.51. The third-order valence-corrected chi connectivity index (χ3v) is 4.48. The summed E-state index contributed by atoms with van der Waals surface area (Å²) < 4.78 is 24.0. The first-order valence-electron chi connectivity index (χ1n) is 9.72. The summed E-state index contributed by atoms with van der Waals surface area (Å²) in [4.78, 5) is 28.7. The number of carbonyl (C=O) groups is 2. The second kappa shape index (κ2) is 9.82. The molecule has 1 atom stereocenters. The van der Waals surface area contributed by atoms with E-state index in [9.17, 15) is 14.0 Å². The highest BCUT2D eigenvalue weighted by Crippen LogP contribution is 2.21. The molecule has 3 rings (SSSR count). The van der Waals surface area contributed by atoms with Crippen molar-refractivity contribution < 1.29 is 23.1 Å². The van der Waals surface area contributed by atoms with Crippen LogP contribution in [0.4, 0.5) is 10.1 Å². The van der Waals surface area contributed by atoms with Crippen molar-refractivity contribution in [3.8, 4) is 11.3 Å². The number of oxazole rings is 1. The zero-order chi connectivity index (χ0) is 21.5. The van der Waals surface area contributed by atoms with Crippen LogP contribution in [0.1, 0.15) is 31.2 Å². The number of aryl methyl sites for hydroxylation is 2. The molecule has 0 spiro atoms.